The van der Waals surface area contributed by atoms with Crippen molar-refractivity contribution >= 4 is 11.9 Å². The number of hydrogen-bond acceptors (Lipinski definition) is 3. The lowest BCUT2D eigenvalue weighted by Gasteiger charge is -1.98. The van der Waals surface area contributed by atoms with Crippen LogP contribution in [0.5, 0.6) is 0 Å². The van der Waals surface area contributed by atoms with E-state index in [2.05, 4.69) is 9.98 Å². The maximum atomic E-state index is 11.7. The number of guanidine groups is 1. The molecule has 1 aromatic heterocycles. The molecule has 1 aromatic carbocycles. The summed E-state index contributed by atoms with van der Waals surface area (Å²) >= 11 is 0. The van der Waals surface area contributed by atoms with Gasteiger partial charge in [0, 0.05) is 5.56 Å². The second-order valence-electron chi connectivity index (χ2n) is 4.08. The normalized spacial score (nSPS) is 10.2. The monoisotopic (exact) mass is 258 g/mol. The minimum atomic E-state index is -0.610. The molecule has 0 radical (unpaired) electrons. The molecule has 0 aliphatic rings. The van der Waals surface area contributed by atoms with Gasteiger partial charge in [-0.2, -0.15) is 4.99 Å². The Kier molecular flexibility index (Phi) is 3.33. The minimum Gasteiger partial charge on any atom is -0.441 e. The molecule has 2 aromatic rings. The highest BCUT2D eigenvalue weighted by Gasteiger charge is 2.18. The van der Waals surface area contributed by atoms with Gasteiger partial charge in [-0.15, -0.1) is 0 Å². The zero-order valence-electron chi connectivity index (χ0n) is 10.7. The van der Waals surface area contributed by atoms with Crippen LogP contribution in [0.4, 0.5) is 0 Å². The molecule has 0 aliphatic heterocycles. The van der Waals surface area contributed by atoms with Gasteiger partial charge in [-0.1, -0.05) is 18.2 Å². The molecular weight excluding hydrogens is 244 g/mol. The Balaban J connectivity index is 2.45. The molecule has 1 heterocycles. The summed E-state index contributed by atoms with van der Waals surface area (Å²) in [6, 6.07) is 7.60. The van der Waals surface area contributed by atoms with Crippen molar-refractivity contribution in [3.63, 3.8) is 0 Å². The number of rotatable bonds is 2. The lowest BCUT2D eigenvalue weighted by atomic mass is 10.1. The second-order valence-corrected chi connectivity index (χ2v) is 4.08. The third-order valence-corrected chi connectivity index (χ3v) is 2.61. The van der Waals surface area contributed by atoms with E-state index in [0.29, 0.717) is 11.7 Å². The maximum absolute atomic E-state index is 11.7. The SMILES string of the molecule is Cc1ccccc1-c1nc(C(=O)N=C(N)N)c(C)o1. The Hall–Kier alpha value is -2.63. The third kappa shape index (κ3) is 2.62. The third-order valence-electron chi connectivity index (χ3n) is 2.61. The minimum absolute atomic E-state index is 0.117. The largest absolute Gasteiger partial charge is 0.441 e. The van der Waals surface area contributed by atoms with E-state index >= 15 is 0 Å². The summed E-state index contributed by atoms with van der Waals surface area (Å²) in [5.74, 6) is -0.149. The Morgan fingerprint density at radius 2 is 1.95 bits per heavy atom. The van der Waals surface area contributed by atoms with Gasteiger partial charge < -0.3 is 15.9 Å². The van der Waals surface area contributed by atoms with Gasteiger partial charge in [0.05, 0.1) is 0 Å². The average Bonchev–Trinajstić information content (AvgIpc) is 2.71. The van der Waals surface area contributed by atoms with Gasteiger partial charge in [0.1, 0.15) is 5.76 Å². The highest BCUT2D eigenvalue weighted by atomic mass is 16.4. The first-order valence-electron chi connectivity index (χ1n) is 5.66. The van der Waals surface area contributed by atoms with Gasteiger partial charge in [0.15, 0.2) is 11.7 Å². The molecule has 6 heteroatoms. The quantitative estimate of drug-likeness (QED) is 0.624. The summed E-state index contributed by atoms with van der Waals surface area (Å²) in [7, 11) is 0. The van der Waals surface area contributed by atoms with E-state index in [1.165, 1.54) is 0 Å². The van der Waals surface area contributed by atoms with Crippen molar-refractivity contribution < 1.29 is 9.21 Å². The van der Waals surface area contributed by atoms with Crippen LogP contribution in [0.15, 0.2) is 33.7 Å². The number of aromatic nitrogens is 1. The lowest BCUT2D eigenvalue weighted by Crippen LogP contribution is -2.24. The van der Waals surface area contributed by atoms with E-state index in [-0.39, 0.29) is 11.7 Å². The van der Waals surface area contributed by atoms with Gasteiger partial charge in [-0.3, -0.25) is 4.79 Å². The smallest absolute Gasteiger partial charge is 0.302 e. The van der Waals surface area contributed by atoms with Gasteiger partial charge in [0.2, 0.25) is 5.89 Å². The lowest BCUT2D eigenvalue weighted by molar-refractivity contribution is 0.0997. The van der Waals surface area contributed by atoms with E-state index in [9.17, 15) is 4.79 Å². The van der Waals surface area contributed by atoms with Crippen LogP contribution >= 0.6 is 0 Å². The fourth-order valence-electron chi connectivity index (χ4n) is 1.69. The Morgan fingerprint density at radius 1 is 1.26 bits per heavy atom. The summed E-state index contributed by atoms with van der Waals surface area (Å²) in [6.45, 7) is 3.58. The van der Waals surface area contributed by atoms with Crippen LogP contribution < -0.4 is 11.5 Å². The van der Waals surface area contributed by atoms with E-state index in [1.54, 1.807) is 6.92 Å². The number of benzene rings is 1. The van der Waals surface area contributed by atoms with Gasteiger partial charge >= 0.3 is 5.91 Å². The van der Waals surface area contributed by atoms with Crippen molar-refractivity contribution in [1.29, 1.82) is 0 Å². The van der Waals surface area contributed by atoms with Gasteiger partial charge in [-0.25, -0.2) is 4.98 Å². The van der Waals surface area contributed by atoms with Crippen LogP contribution in [0, 0.1) is 13.8 Å². The fourth-order valence-corrected chi connectivity index (χ4v) is 1.69. The van der Waals surface area contributed by atoms with Crippen molar-refractivity contribution in [3.8, 4) is 11.5 Å². The van der Waals surface area contributed by atoms with E-state index in [0.717, 1.165) is 11.1 Å². The molecule has 0 spiro atoms. The molecule has 19 heavy (non-hydrogen) atoms. The number of carbonyl (C=O) groups excluding carboxylic acids is 1. The molecule has 2 rings (SSSR count). The summed E-state index contributed by atoms with van der Waals surface area (Å²) in [5.41, 5.74) is 12.3. The Bertz CT molecular complexity index is 654. The van der Waals surface area contributed by atoms with E-state index in [4.69, 9.17) is 15.9 Å². The van der Waals surface area contributed by atoms with Gasteiger partial charge in [-0.05, 0) is 25.5 Å². The average molecular weight is 258 g/mol. The first kappa shape index (κ1) is 12.8. The van der Waals surface area contributed by atoms with Crippen LogP contribution in [0.3, 0.4) is 0 Å². The fraction of sp³-hybridized carbons (Fsp3) is 0.154. The van der Waals surface area contributed by atoms with E-state index in [1.807, 2.05) is 31.2 Å². The molecule has 0 aliphatic carbocycles. The molecule has 0 bridgehead atoms. The molecule has 1 amide bonds. The maximum Gasteiger partial charge on any atom is 0.302 e. The summed E-state index contributed by atoms with van der Waals surface area (Å²) in [5, 5.41) is 0. The zero-order chi connectivity index (χ0) is 14.0. The summed E-state index contributed by atoms with van der Waals surface area (Å²) in [4.78, 5) is 19.3. The summed E-state index contributed by atoms with van der Waals surface area (Å²) in [6.07, 6.45) is 0. The highest BCUT2D eigenvalue weighted by molar-refractivity contribution is 6.01. The number of nitrogens with zero attached hydrogens (tertiary/aromatic N) is 2. The second kappa shape index (κ2) is 4.93. The zero-order valence-corrected chi connectivity index (χ0v) is 10.7. The number of aliphatic imine (C=N–C) groups is 1. The highest BCUT2D eigenvalue weighted by Crippen LogP contribution is 2.24. The van der Waals surface area contributed by atoms with Crippen molar-refractivity contribution in [1.82, 2.24) is 4.98 Å². The number of amides is 1. The van der Waals surface area contributed by atoms with Crippen LogP contribution in [0.1, 0.15) is 21.8 Å². The van der Waals surface area contributed by atoms with Gasteiger partial charge in [0.25, 0.3) is 0 Å². The van der Waals surface area contributed by atoms with E-state index < -0.39 is 5.91 Å². The molecule has 0 fully saturated rings. The number of oxazole rings is 1. The molecule has 4 N–H and O–H groups in total. The van der Waals surface area contributed by atoms with Crippen molar-refractivity contribution in [2.75, 3.05) is 0 Å². The topological polar surface area (TPSA) is 108 Å². The number of hydrogen-bond donors (Lipinski definition) is 2. The molecule has 0 saturated carbocycles. The standard InChI is InChI=1S/C13H14N4O2/c1-7-5-3-4-6-9(7)12-16-10(8(2)19-12)11(18)17-13(14)15/h3-6H,1-2H3,(H4,14,15,17,18). The number of nitrogens with two attached hydrogens (primary N) is 2. The first-order chi connectivity index (χ1) is 8.99. The summed E-state index contributed by atoms with van der Waals surface area (Å²) < 4.78 is 5.50. The molecule has 0 atom stereocenters. The molecular formula is C13H14N4O2. The Morgan fingerprint density at radius 3 is 2.58 bits per heavy atom. The predicted molar refractivity (Wildman–Crippen MR) is 71.6 cm³/mol. The van der Waals surface area contributed by atoms with Crippen LogP contribution in [-0.4, -0.2) is 16.9 Å². The van der Waals surface area contributed by atoms with Crippen LogP contribution in [-0.2, 0) is 0 Å². The van der Waals surface area contributed by atoms with Crippen molar-refractivity contribution in [2.45, 2.75) is 13.8 Å². The molecule has 0 saturated heterocycles. The first-order valence-corrected chi connectivity index (χ1v) is 5.66. The molecule has 0 unspecified atom stereocenters. The van der Waals surface area contributed by atoms with Crippen LogP contribution in [0.25, 0.3) is 11.5 Å². The molecule has 6 nitrogen and oxygen atoms in total. The van der Waals surface area contributed by atoms with Crippen molar-refractivity contribution in [3.05, 3.63) is 41.3 Å². The predicted octanol–water partition coefficient (Wildman–Crippen LogP) is 1.37. The number of aryl methyl sites for hydroxylation is 2. The number of carbonyl (C=O) groups is 1. The molecule has 98 valence electrons. The van der Waals surface area contributed by atoms with Crippen molar-refractivity contribution in [2.24, 2.45) is 16.5 Å². The van der Waals surface area contributed by atoms with Crippen LogP contribution in [0.2, 0.25) is 0 Å². The Labute approximate surface area is 110 Å².